The van der Waals surface area contributed by atoms with Gasteiger partial charge in [-0.15, -0.1) is 0 Å². The van der Waals surface area contributed by atoms with Crippen LogP contribution in [0.15, 0.2) is 24.3 Å². The zero-order valence-electron chi connectivity index (χ0n) is 11.1. The molecule has 1 aromatic carbocycles. The molecule has 0 heterocycles. The lowest BCUT2D eigenvalue weighted by atomic mass is 10.1. The molecular formula is C14H17N3O3. The minimum Gasteiger partial charge on any atom is -0.456 e. The topological polar surface area (TPSA) is 105 Å². The molecule has 20 heavy (non-hydrogen) atoms. The Balaban J connectivity index is 2.19. The van der Waals surface area contributed by atoms with Crippen molar-refractivity contribution in [3.8, 4) is 6.07 Å². The molecule has 0 bridgehead atoms. The van der Waals surface area contributed by atoms with E-state index in [1.807, 2.05) is 18.2 Å². The average Bonchev–Trinajstić information content (AvgIpc) is 2.45. The molecule has 0 fully saturated rings. The van der Waals surface area contributed by atoms with Crippen LogP contribution >= 0.6 is 0 Å². The molecule has 1 rings (SSSR count). The third-order valence-corrected chi connectivity index (χ3v) is 2.52. The number of ether oxygens (including phenoxy) is 1. The molecule has 0 unspecified atom stereocenters. The number of nitrogens with zero attached hydrogens (tertiary/aromatic N) is 1. The largest absolute Gasteiger partial charge is 0.456 e. The highest BCUT2D eigenvalue weighted by atomic mass is 16.5. The second-order valence-electron chi connectivity index (χ2n) is 4.16. The number of amides is 1. The molecule has 0 spiro atoms. The monoisotopic (exact) mass is 275 g/mol. The van der Waals surface area contributed by atoms with Crippen LogP contribution in [0.3, 0.4) is 0 Å². The summed E-state index contributed by atoms with van der Waals surface area (Å²) in [7, 11) is 0. The standard InChI is InChI=1S/C14H17N3O3/c15-8-1-9-17-13(18)10-20-14(19)7-4-11-2-5-12(16)6-3-11/h2-3,5-6H,1,4,7,9-10,16H2,(H,17,18). The SMILES string of the molecule is N#CCCNC(=O)COC(=O)CCc1ccc(N)cc1. The number of esters is 1. The first kappa shape index (κ1) is 15.5. The van der Waals surface area contributed by atoms with Crippen LogP contribution in [0.2, 0.25) is 0 Å². The van der Waals surface area contributed by atoms with E-state index in [4.69, 9.17) is 15.7 Å². The summed E-state index contributed by atoms with van der Waals surface area (Å²) in [6.07, 6.45) is 0.974. The van der Waals surface area contributed by atoms with Crippen molar-refractivity contribution in [1.82, 2.24) is 5.32 Å². The molecule has 0 aromatic heterocycles. The zero-order chi connectivity index (χ0) is 14.8. The molecule has 1 amide bonds. The number of hydrogen-bond donors (Lipinski definition) is 2. The zero-order valence-corrected chi connectivity index (χ0v) is 11.1. The summed E-state index contributed by atoms with van der Waals surface area (Å²) >= 11 is 0. The Bertz CT molecular complexity index is 491. The van der Waals surface area contributed by atoms with Crippen molar-refractivity contribution in [3.63, 3.8) is 0 Å². The molecule has 0 aliphatic rings. The fourth-order valence-electron chi connectivity index (χ4n) is 1.46. The minimum absolute atomic E-state index is 0.204. The number of nitrogens with two attached hydrogens (primary N) is 1. The van der Waals surface area contributed by atoms with Crippen molar-refractivity contribution in [3.05, 3.63) is 29.8 Å². The molecule has 0 aliphatic carbocycles. The third kappa shape index (κ3) is 6.40. The number of nitrogens with one attached hydrogen (secondary N) is 1. The van der Waals surface area contributed by atoms with Crippen LogP contribution in [-0.2, 0) is 20.7 Å². The van der Waals surface area contributed by atoms with Crippen LogP contribution in [0, 0.1) is 11.3 Å². The summed E-state index contributed by atoms with van der Waals surface area (Å²) in [6, 6.07) is 9.12. The summed E-state index contributed by atoms with van der Waals surface area (Å²) in [5, 5.41) is 10.8. The van der Waals surface area contributed by atoms with Gasteiger partial charge in [-0.2, -0.15) is 5.26 Å². The van der Waals surface area contributed by atoms with E-state index < -0.39 is 11.9 Å². The number of anilines is 1. The summed E-state index contributed by atoms with van der Waals surface area (Å²) in [4.78, 5) is 22.7. The van der Waals surface area contributed by atoms with Crippen LogP contribution in [0.25, 0.3) is 0 Å². The van der Waals surface area contributed by atoms with E-state index in [1.165, 1.54) is 0 Å². The summed E-state index contributed by atoms with van der Waals surface area (Å²) in [6.45, 7) is -0.0513. The molecular weight excluding hydrogens is 258 g/mol. The Morgan fingerprint density at radius 3 is 2.65 bits per heavy atom. The van der Waals surface area contributed by atoms with Crippen molar-refractivity contribution in [2.75, 3.05) is 18.9 Å². The molecule has 0 aliphatic heterocycles. The van der Waals surface area contributed by atoms with E-state index in [-0.39, 0.29) is 26.0 Å². The summed E-state index contributed by atoms with van der Waals surface area (Å²) in [5.41, 5.74) is 7.21. The second-order valence-corrected chi connectivity index (χ2v) is 4.16. The van der Waals surface area contributed by atoms with Gasteiger partial charge in [0.05, 0.1) is 12.5 Å². The van der Waals surface area contributed by atoms with E-state index in [0.717, 1.165) is 5.56 Å². The molecule has 0 saturated heterocycles. The maximum atomic E-state index is 11.4. The third-order valence-electron chi connectivity index (χ3n) is 2.52. The van der Waals surface area contributed by atoms with Gasteiger partial charge in [-0.3, -0.25) is 9.59 Å². The number of benzene rings is 1. The minimum atomic E-state index is -0.433. The Kier molecular flexibility index (Phi) is 6.62. The van der Waals surface area contributed by atoms with Crippen LogP contribution < -0.4 is 11.1 Å². The molecule has 0 atom stereocenters. The normalized spacial score (nSPS) is 9.55. The average molecular weight is 275 g/mol. The van der Waals surface area contributed by atoms with Gasteiger partial charge in [0.2, 0.25) is 0 Å². The van der Waals surface area contributed by atoms with Gasteiger partial charge in [-0.25, -0.2) is 0 Å². The Morgan fingerprint density at radius 1 is 1.30 bits per heavy atom. The summed E-state index contributed by atoms with van der Waals surface area (Å²) < 4.78 is 4.82. The molecule has 3 N–H and O–H groups in total. The maximum Gasteiger partial charge on any atom is 0.306 e. The van der Waals surface area contributed by atoms with Gasteiger partial charge >= 0.3 is 5.97 Å². The first-order valence-electron chi connectivity index (χ1n) is 6.25. The number of nitriles is 1. The van der Waals surface area contributed by atoms with Crippen molar-refractivity contribution < 1.29 is 14.3 Å². The lowest BCUT2D eigenvalue weighted by Crippen LogP contribution is -2.29. The second kappa shape index (κ2) is 8.53. The number of aryl methyl sites for hydroxylation is 1. The van der Waals surface area contributed by atoms with Crippen LogP contribution in [-0.4, -0.2) is 25.0 Å². The van der Waals surface area contributed by atoms with E-state index in [2.05, 4.69) is 5.32 Å². The lowest BCUT2D eigenvalue weighted by molar-refractivity contribution is -0.148. The van der Waals surface area contributed by atoms with Gasteiger partial charge in [0.15, 0.2) is 6.61 Å². The maximum absolute atomic E-state index is 11.4. The molecule has 6 nitrogen and oxygen atoms in total. The first-order valence-corrected chi connectivity index (χ1v) is 6.25. The number of nitrogen functional groups attached to an aromatic ring is 1. The highest BCUT2D eigenvalue weighted by molar-refractivity contribution is 5.80. The van der Waals surface area contributed by atoms with Crippen molar-refractivity contribution in [1.29, 1.82) is 5.26 Å². The molecule has 106 valence electrons. The number of carbonyl (C=O) groups is 2. The number of hydrogen-bond acceptors (Lipinski definition) is 5. The van der Waals surface area contributed by atoms with E-state index in [9.17, 15) is 9.59 Å². The van der Waals surface area contributed by atoms with Gasteiger partial charge in [-0.1, -0.05) is 12.1 Å². The number of rotatable bonds is 7. The molecule has 0 saturated carbocycles. The van der Waals surface area contributed by atoms with Crippen molar-refractivity contribution >= 4 is 17.6 Å². The first-order chi connectivity index (χ1) is 9.61. The Hall–Kier alpha value is -2.55. The van der Waals surface area contributed by atoms with Gasteiger partial charge in [0.1, 0.15) is 0 Å². The lowest BCUT2D eigenvalue weighted by Gasteiger charge is -2.05. The van der Waals surface area contributed by atoms with Gasteiger partial charge < -0.3 is 15.8 Å². The van der Waals surface area contributed by atoms with Crippen molar-refractivity contribution in [2.45, 2.75) is 19.3 Å². The molecule has 6 heteroatoms. The van der Waals surface area contributed by atoms with E-state index in [0.29, 0.717) is 12.1 Å². The smallest absolute Gasteiger partial charge is 0.306 e. The van der Waals surface area contributed by atoms with E-state index >= 15 is 0 Å². The highest BCUT2D eigenvalue weighted by Crippen LogP contribution is 2.08. The van der Waals surface area contributed by atoms with Gasteiger partial charge in [0.25, 0.3) is 5.91 Å². The van der Waals surface area contributed by atoms with Crippen LogP contribution in [0.5, 0.6) is 0 Å². The van der Waals surface area contributed by atoms with Gasteiger partial charge in [0, 0.05) is 18.7 Å². The summed E-state index contributed by atoms with van der Waals surface area (Å²) in [5.74, 6) is -0.835. The quantitative estimate of drug-likeness (QED) is 0.434. The predicted octanol–water partition coefficient (Wildman–Crippen LogP) is 0.774. The van der Waals surface area contributed by atoms with Crippen LogP contribution in [0.1, 0.15) is 18.4 Å². The number of carbonyl (C=O) groups excluding carboxylic acids is 2. The molecule has 0 radical (unpaired) electrons. The molecule has 1 aromatic rings. The predicted molar refractivity (Wildman–Crippen MR) is 73.4 cm³/mol. The van der Waals surface area contributed by atoms with Crippen LogP contribution in [0.4, 0.5) is 5.69 Å². The fourth-order valence-corrected chi connectivity index (χ4v) is 1.46. The van der Waals surface area contributed by atoms with E-state index in [1.54, 1.807) is 12.1 Å². The Labute approximate surface area is 117 Å². The Morgan fingerprint density at radius 2 is 2.00 bits per heavy atom. The fraction of sp³-hybridized carbons (Fsp3) is 0.357. The van der Waals surface area contributed by atoms with Gasteiger partial charge in [-0.05, 0) is 24.1 Å². The van der Waals surface area contributed by atoms with Crippen molar-refractivity contribution in [2.24, 2.45) is 0 Å². The highest BCUT2D eigenvalue weighted by Gasteiger charge is 2.07.